The molecule has 0 N–H and O–H groups in total. The van der Waals surface area contributed by atoms with Crippen LogP contribution >= 0.6 is 0 Å². The van der Waals surface area contributed by atoms with Gasteiger partial charge in [0.2, 0.25) is 0 Å². The van der Waals surface area contributed by atoms with E-state index in [1.165, 1.54) is 127 Å². The van der Waals surface area contributed by atoms with Crippen molar-refractivity contribution in [1.29, 1.82) is 0 Å². The van der Waals surface area contributed by atoms with E-state index in [4.69, 9.17) is 4.74 Å². The Labute approximate surface area is 297 Å². The van der Waals surface area contributed by atoms with Crippen LogP contribution in [0.25, 0.3) is 0 Å². The Hall–Kier alpha value is -1.76. The van der Waals surface area contributed by atoms with Crippen LogP contribution in [0, 0.1) is 47.3 Å². The molecule has 0 aliphatic heterocycles. The molecule has 0 aromatic heterocycles. The van der Waals surface area contributed by atoms with Crippen LogP contribution in [0.3, 0.4) is 0 Å². The Balaban J connectivity index is 0.000000188. The number of aryl methyl sites for hydroxylation is 1. The number of rotatable bonds is 10. The molecule has 4 aliphatic carbocycles. The summed E-state index contributed by atoms with van der Waals surface area (Å²) in [5.41, 5.74) is 4.60. The van der Waals surface area contributed by atoms with Crippen molar-refractivity contribution in [2.75, 3.05) is 7.11 Å². The zero-order chi connectivity index (χ0) is 33.9. The van der Waals surface area contributed by atoms with E-state index >= 15 is 0 Å². The Morgan fingerprint density at radius 3 is 1.25 bits per heavy atom. The number of methoxy groups -OCH3 is 1. The van der Waals surface area contributed by atoms with E-state index in [1.54, 1.807) is 12.7 Å². The van der Waals surface area contributed by atoms with Crippen LogP contribution in [-0.4, -0.2) is 7.11 Å². The van der Waals surface area contributed by atoms with Gasteiger partial charge in [-0.05, 0) is 159 Å². The molecule has 4 fully saturated rings. The Kier molecular flexibility index (Phi) is 14.9. The van der Waals surface area contributed by atoms with Crippen molar-refractivity contribution in [3.8, 4) is 5.75 Å². The van der Waals surface area contributed by atoms with Crippen LogP contribution in [0.4, 0.5) is 0 Å². The van der Waals surface area contributed by atoms with Crippen molar-refractivity contribution in [3.63, 3.8) is 0 Å². The van der Waals surface area contributed by atoms with Crippen LogP contribution in [0.5, 0.6) is 5.75 Å². The lowest BCUT2D eigenvalue weighted by Crippen LogP contribution is -2.29. The first-order valence-corrected chi connectivity index (χ1v) is 21.1. The average Bonchev–Trinajstić information content (AvgIpc) is 3.13. The summed E-state index contributed by atoms with van der Waals surface area (Å²) >= 11 is 0. The molecule has 0 amide bonds. The van der Waals surface area contributed by atoms with Crippen LogP contribution in [0.15, 0.2) is 48.5 Å². The van der Waals surface area contributed by atoms with Crippen molar-refractivity contribution < 1.29 is 4.74 Å². The van der Waals surface area contributed by atoms with E-state index in [9.17, 15) is 0 Å². The number of hydrogen-bond donors (Lipinski definition) is 0. The normalized spacial score (nSPS) is 34.1. The molecule has 0 spiro atoms. The standard InChI is InChI=1S/C24H38.C23H36O/c1-4-6-20-9-11-21(12-10-20)23-15-16-24(18(3)17-23)22-13-7-19(5-2)8-14-22;1-4-5-18-6-8-19(9-7-18)21-12-15-23(17(2)16-21)20-10-13-22(24-3)14-11-20/h7-8,13-14,18,20-21,23-24H,4-6,9-12,15-17H2,1-3H3;10-11,13-14,17-19,21,23H,4-9,12,15-16H2,1-3H3. The first-order valence-electron chi connectivity index (χ1n) is 21.1. The van der Waals surface area contributed by atoms with E-state index in [0.29, 0.717) is 0 Å². The van der Waals surface area contributed by atoms with Crippen molar-refractivity contribution in [1.82, 2.24) is 0 Å². The predicted octanol–water partition coefficient (Wildman–Crippen LogP) is 14.2. The van der Waals surface area contributed by atoms with E-state index in [1.807, 2.05) is 0 Å². The zero-order valence-electron chi connectivity index (χ0n) is 32.2. The lowest BCUT2D eigenvalue weighted by molar-refractivity contribution is 0.130. The lowest BCUT2D eigenvalue weighted by atomic mass is 9.65. The molecule has 0 heterocycles. The topological polar surface area (TPSA) is 9.23 Å². The van der Waals surface area contributed by atoms with E-state index in [2.05, 4.69) is 83.1 Å². The van der Waals surface area contributed by atoms with Crippen LogP contribution in [0.2, 0.25) is 0 Å². The molecule has 4 aliphatic rings. The molecule has 0 bridgehead atoms. The van der Waals surface area contributed by atoms with Gasteiger partial charge in [-0.1, -0.05) is 122 Å². The molecule has 6 rings (SSSR count). The molecule has 0 radical (unpaired) electrons. The van der Waals surface area contributed by atoms with Crippen LogP contribution < -0.4 is 4.74 Å². The third-order valence-corrected chi connectivity index (χ3v) is 14.3. The summed E-state index contributed by atoms with van der Waals surface area (Å²) in [4.78, 5) is 0. The second kappa shape index (κ2) is 19.0. The summed E-state index contributed by atoms with van der Waals surface area (Å²) in [5.74, 6) is 10.4. The molecular weight excluding hydrogens is 581 g/mol. The van der Waals surface area contributed by atoms with Gasteiger partial charge in [0, 0.05) is 0 Å². The van der Waals surface area contributed by atoms with Gasteiger partial charge in [0.05, 0.1) is 7.11 Å². The fourth-order valence-electron chi connectivity index (χ4n) is 11.3. The molecule has 6 unspecified atom stereocenters. The Bertz CT molecular complexity index is 1060. The average molecular weight is 655 g/mol. The maximum atomic E-state index is 5.31. The van der Waals surface area contributed by atoms with E-state index < -0.39 is 0 Å². The minimum atomic E-state index is 0.753. The maximum Gasteiger partial charge on any atom is 0.118 e. The van der Waals surface area contributed by atoms with Gasteiger partial charge >= 0.3 is 0 Å². The first kappa shape index (κ1) is 37.5. The highest BCUT2D eigenvalue weighted by atomic mass is 16.5. The molecule has 1 heteroatoms. The molecule has 2 aromatic carbocycles. The third kappa shape index (κ3) is 10.2. The predicted molar refractivity (Wildman–Crippen MR) is 208 cm³/mol. The molecule has 268 valence electrons. The molecule has 6 atom stereocenters. The Morgan fingerprint density at radius 2 is 0.896 bits per heavy atom. The minimum Gasteiger partial charge on any atom is -0.497 e. The van der Waals surface area contributed by atoms with Gasteiger partial charge in [-0.3, -0.25) is 0 Å². The molecular formula is C47H74O. The fraction of sp³-hybridized carbons (Fsp3) is 0.745. The van der Waals surface area contributed by atoms with Crippen molar-refractivity contribution in [3.05, 3.63) is 65.2 Å². The van der Waals surface area contributed by atoms with Crippen molar-refractivity contribution in [2.24, 2.45) is 47.3 Å². The molecule has 2 aromatic rings. The summed E-state index contributed by atoms with van der Waals surface area (Å²) in [6.45, 7) is 11.9. The Morgan fingerprint density at radius 1 is 0.500 bits per heavy atom. The van der Waals surface area contributed by atoms with Crippen LogP contribution in [-0.2, 0) is 6.42 Å². The van der Waals surface area contributed by atoms with Gasteiger partial charge in [-0.15, -0.1) is 0 Å². The third-order valence-electron chi connectivity index (χ3n) is 14.3. The molecule has 0 saturated heterocycles. The van der Waals surface area contributed by atoms with Gasteiger partial charge in [-0.2, -0.15) is 0 Å². The highest BCUT2D eigenvalue weighted by molar-refractivity contribution is 5.30. The minimum absolute atomic E-state index is 0.753. The maximum absolute atomic E-state index is 5.31. The number of hydrogen-bond acceptors (Lipinski definition) is 1. The summed E-state index contributed by atoms with van der Waals surface area (Å²) in [6.07, 6.45) is 27.6. The largest absolute Gasteiger partial charge is 0.497 e. The second-order valence-electron chi connectivity index (χ2n) is 17.3. The van der Waals surface area contributed by atoms with E-state index in [-0.39, 0.29) is 0 Å². The zero-order valence-corrected chi connectivity index (χ0v) is 32.2. The van der Waals surface area contributed by atoms with Gasteiger partial charge in [-0.25, -0.2) is 0 Å². The molecule has 1 nitrogen and oxygen atoms in total. The first-order chi connectivity index (χ1) is 23.4. The van der Waals surface area contributed by atoms with Gasteiger partial charge < -0.3 is 4.74 Å². The number of benzene rings is 2. The van der Waals surface area contributed by atoms with Gasteiger partial charge in [0.15, 0.2) is 0 Å². The second-order valence-corrected chi connectivity index (χ2v) is 17.3. The highest BCUT2D eigenvalue weighted by Gasteiger charge is 2.36. The summed E-state index contributed by atoms with van der Waals surface area (Å²) in [6, 6.07) is 18.4. The highest BCUT2D eigenvalue weighted by Crippen LogP contribution is 2.48. The molecule has 4 saturated carbocycles. The smallest absolute Gasteiger partial charge is 0.118 e. The summed E-state index contributed by atoms with van der Waals surface area (Å²) in [7, 11) is 1.75. The fourth-order valence-corrected chi connectivity index (χ4v) is 11.3. The van der Waals surface area contributed by atoms with Gasteiger partial charge in [0.1, 0.15) is 5.75 Å². The summed E-state index contributed by atoms with van der Waals surface area (Å²) in [5, 5.41) is 0. The molecule has 48 heavy (non-hydrogen) atoms. The summed E-state index contributed by atoms with van der Waals surface area (Å²) < 4.78 is 5.31. The van der Waals surface area contributed by atoms with Crippen molar-refractivity contribution in [2.45, 2.75) is 168 Å². The monoisotopic (exact) mass is 655 g/mol. The van der Waals surface area contributed by atoms with E-state index in [0.717, 1.165) is 71.3 Å². The van der Waals surface area contributed by atoms with Crippen molar-refractivity contribution >= 4 is 0 Å². The number of ether oxygens (including phenoxy) is 1. The quantitative estimate of drug-likeness (QED) is 0.248. The lowest BCUT2D eigenvalue weighted by Gasteiger charge is -2.41. The SMILES string of the molecule is CCCC1CCC(C2CCC(c3ccc(CC)cc3)C(C)C2)CC1.CCCC1CCC(C2CCC(c3ccc(OC)cc3)C(C)C2)CC1. The van der Waals surface area contributed by atoms with Gasteiger partial charge in [0.25, 0.3) is 0 Å². The van der Waals surface area contributed by atoms with Crippen LogP contribution in [0.1, 0.15) is 179 Å².